The number of anilines is 1. The zero-order chi connectivity index (χ0) is 19.6. The van der Waals surface area contributed by atoms with Gasteiger partial charge in [0.15, 0.2) is 10.8 Å². The van der Waals surface area contributed by atoms with Gasteiger partial charge in [-0.1, -0.05) is 6.92 Å². The van der Waals surface area contributed by atoms with E-state index in [0.717, 1.165) is 23.3 Å². The Balaban J connectivity index is 1.91. The van der Waals surface area contributed by atoms with Crippen molar-refractivity contribution in [2.24, 2.45) is 5.92 Å². The molecule has 1 aliphatic rings. The molecule has 142 valence electrons. The third-order valence-electron chi connectivity index (χ3n) is 5.23. The standard InChI is InChI=1S/C18H23N7OS/c1-12-5-8-24(15(26)4-7-19)10-14(12)23(3)16-13-6-9-25(18(27)20-2)17(13)22-11-21-16/h6,9,11-12,14H,4-5,8,10H2,1-3H3,(H,20,27)/t12-,14+/m1/s1. The smallest absolute Gasteiger partial charge is 0.236 e. The normalized spacial score (nSPS) is 19.6. The summed E-state index contributed by atoms with van der Waals surface area (Å²) in [4.78, 5) is 25.0. The molecule has 0 spiro atoms. The highest BCUT2D eigenvalue weighted by Crippen LogP contribution is 2.29. The largest absolute Gasteiger partial charge is 0.365 e. The van der Waals surface area contributed by atoms with Crippen molar-refractivity contribution < 1.29 is 4.79 Å². The summed E-state index contributed by atoms with van der Waals surface area (Å²) in [7, 11) is 3.77. The Morgan fingerprint density at radius 3 is 3.00 bits per heavy atom. The number of amides is 1. The number of carbonyl (C=O) groups is 1. The van der Waals surface area contributed by atoms with Gasteiger partial charge in [0.25, 0.3) is 0 Å². The molecule has 8 nitrogen and oxygen atoms in total. The first-order valence-corrected chi connectivity index (χ1v) is 9.30. The predicted molar refractivity (Wildman–Crippen MR) is 107 cm³/mol. The van der Waals surface area contributed by atoms with Crippen molar-refractivity contribution in [1.82, 2.24) is 24.8 Å². The lowest BCUT2D eigenvalue weighted by molar-refractivity contribution is -0.131. The van der Waals surface area contributed by atoms with E-state index in [2.05, 4.69) is 27.1 Å². The molecule has 1 aliphatic heterocycles. The average Bonchev–Trinajstić information content (AvgIpc) is 3.11. The number of nitrogens with one attached hydrogen (secondary N) is 1. The molecule has 1 saturated heterocycles. The van der Waals surface area contributed by atoms with Crippen LogP contribution in [0.25, 0.3) is 11.0 Å². The fourth-order valence-electron chi connectivity index (χ4n) is 3.62. The van der Waals surface area contributed by atoms with Gasteiger partial charge in [0.05, 0.1) is 17.5 Å². The van der Waals surface area contributed by atoms with E-state index in [9.17, 15) is 4.79 Å². The summed E-state index contributed by atoms with van der Waals surface area (Å²) >= 11 is 5.33. The van der Waals surface area contributed by atoms with E-state index in [1.807, 2.05) is 29.9 Å². The number of fused-ring (bicyclic) bond motifs is 1. The summed E-state index contributed by atoms with van der Waals surface area (Å²) in [5.74, 6) is 1.09. The van der Waals surface area contributed by atoms with E-state index < -0.39 is 0 Å². The highest BCUT2D eigenvalue weighted by atomic mass is 32.1. The van der Waals surface area contributed by atoms with E-state index in [4.69, 9.17) is 17.5 Å². The summed E-state index contributed by atoms with van der Waals surface area (Å²) in [6, 6.07) is 4.01. The van der Waals surface area contributed by atoms with Crippen LogP contribution in [0.15, 0.2) is 18.6 Å². The first kappa shape index (κ1) is 19.0. The molecule has 9 heteroatoms. The molecule has 0 bridgehead atoms. The summed E-state index contributed by atoms with van der Waals surface area (Å²) in [6.07, 6.45) is 4.23. The topological polar surface area (TPSA) is 90.1 Å². The number of thiocarbonyl (C=S) groups is 1. The Hall–Kier alpha value is -2.73. The first-order chi connectivity index (χ1) is 13.0. The second kappa shape index (κ2) is 7.88. The lowest BCUT2D eigenvalue weighted by atomic mass is 9.92. The monoisotopic (exact) mass is 385 g/mol. The number of nitrogens with zero attached hydrogens (tertiary/aromatic N) is 6. The van der Waals surface area contributed by atoms with Crippen molar-refractivity contribution in [3.63, 3.8) is 0 Å². The summed E-state index contributed by atoms with van der Waals surface area (Å²) in [6.45, 7) is 3.46. The zero-order valence-corrected chi connectivity index (χ0v) is 16.5. The van der Waals surface area contributed by atoms with Gasteiger partial charge in [-0.25, -0.2) is 9.97 Å². The maximum absolute atomic E-state index is 12.2. The Labute approximate surface area is 163 Å². The summed E-state index contributed by atoms with van der Waals surface area (Å²) in [5, 5.41) is 13.2. The van der Waals surface area contributed by atoms with Crippen molar-refractivity contribution in [3.05, 3.63) is 18.6 Å². The maximum Gasteiger partial charge on any atom is 0.236 e. The number of rotatable bonds is 3. The zero-order valence-electron chi connectivity index (χ0n) is 15.7. The second-order valence-corrected chi connectivity index (χ2v) is 7.18. The molecule has 0 unspecified atom stereocenters. The van der Waals surface area contributed by atoms with Crippen LogP contribution in [0.2, 0.25) is 0 Å². The van der Waals surface area contributed by atoms with Crippen LogP contribution in [0.1, 0.15) is 19.8 Å². The summed E-state index contributed by atoms with van der Waals surface area (Å²) in [5.41, 5.74) is 0.743. The van der Waals surface area contributed by atoms with Crippen LogP contribution in [0.4, 0.5) is 5.82 Å². The van der Waals surface area contributed by atoms with E-state index in [-0.39, 0.29) is 18.4 Å². The highest BCUT2D eigenvalue weighted by molar-refractivity contribution is 7.80. The molecule has 1 N–H and O–H groups in total. The molecule has 2 atom stereocenters. The van der Waals surface area contributed by atoms with Crippen molar-refractivity contribution in [3.8, 4) is 6.07 Å². The molecular weight excluding hydrogens is 362 g/mol. The van der Waals surface area contributed by atoms with Gasteiger partial charge in [0.1, 0.15) is 18.6 Å². The van der Waals surface area contributed by atoms with Crippen molar-refractivity contribution >= 4 is 40.1 Å². The number of carbonyl (C=O) groups excluding carboxylic acids is 1. The molecule has 2 aromatic rings. The molecule has 2 aromatic heterocycles. The van der Waals surface area contributed by atoms with Gasteiger partial charge in [-0.2, -0.15) is 5.26 Å². The third-order valence-corrected chi connectivity index (χ3v) is 5.63. The van der Waals surface area contributed by atoms with Gasteiger partial charge in [-0.15, -0.1) is 0 Å². The van der Waals surface area contributed by atoms with Gasteiger partial charge >= 0.3 is 0 Å². The molecule has 27 heavy (non-hydrogen) atoms. The fourth-order valence-corrected chi connectivity index (χ4v) is 3.77. The van der Waals surface area contributed by atoms with Crippen LogP contribution in [-0.4, -0.2) is 63.7 Å². The minimum Gasteiger partial charge on any atom is -0.365 e. The molecule has 1 fully saturated rings. The molecule has 3 rings (SSSR count). The number of piperidine rings is 1. The Kier molecular flexibility index (Phi) is 5.56. The number of nitriles is 1. The lowest BCUT2D eigenvalue weighted by Gasteiger charge is -2.42. The SMILES string of the molecule is CNC(=S)n1ccc2c(N(C)[C@H]3CN(C(=O)CC#N)CC[C@H]3C)ncnc21. The van der Waals surface area contributed by atoms with Crippen LogP contribution in [0, 0.1) is 17.2 Å². The van der Waals surface area contributed by atoms with E-state index in [0.29, 0.717) is 24.1 Å². The van der Waals surface area contributed by atoms with Crippen LogP contribution in [0.3, 0.4) is 0 Å². The van der Waals surface area contributed by atoms with Crippen molar-refractivity contribution in [2.75, 3.05) is 32.1 Å². The number of aromatic nitrogens is 3. The fraction of sp³-hybridized carbons (Fsp3) is 0.500. The third kappa shape index (κ3) is 3.57. The van der Waals surface area contributed by atoms with E-state index in [1.165, 1.54) is 6.33 Å². The van der Waals surface area contributed by atoms with E-state index in [1.54, 1.807) is 11.9 Å². The van der Waals surface area contributed by atoms with Gasteiger partial charge in [-0.3, -0.25) is 9.36 Å². The number of likely N-dealkylation sites (tertiary alicyclic amines) is 1. The van der Waals surface area contributed by atoms with Gasteiger partial charge in [-0.05, 0) is 30.6 Å². The molecule has 0 saturated carbocycles. The number of hydrogen-bond donors (Lipinski definition) is 1. The van der Waals surface area contributed by atoms with Crippen LogP contribution in [0.5, 0.6) is 0 Å². The van der Waals surface area contributed by atoms with Crippen molar-refractivity contribution in [1.29, 1.82) is 5.26 Å². The Morgan fingerprint density at radius 1 is 1.52 bits per heavy atom. The van der Waals surface area contributed by atoms with Crippen LogP contribution in [-0.2, 0) is 4.79 Å². The number of hydrogen-bond acceptors (Lipinski definition) is 6. The van der Waals surface area contributed by atoms with E-state index >= 15 is 0 Å². The van der Waals surface area contributed by atoms with Gasteiger partial charge in [0, 0.05) is 33.4 Å². The van der Waals surface area contributed by atoms with Crippen LogP contribution >= 0.6 is 12.2 Å². The predicted octanol–water partition coefficient (Wildman–Crippen LogP) is 1.37. The molecule has 1 amide bonds. The second-order valence-electron chi connectivity index (χ2n) is 6.79. The minimum absolute atomic E-state index is 0.0765. The molecule has 3 heterocycles. The quantitative estimate of drug-likeness (QED) is 0.798. The summed E-state index contributed by atoms with van der Waals surface area (Å²) < 4.78 is 1.82. The Bertz CT molecular complexity index is 903. The molecule has 0 aliphatic carbocycles. The first-order valence-electron chi connectivity index (χ1n) is 8.89. The van der Waals surface area contributed by atoms with Gasteiger partial charge < -0.3 is 15.1 Å². The van der Waals surface area contributed by atoms with Crippen LogP contribution < -0.4 is 10.2 Å². The minimum atomic E-state index is -0.110. The number of likely N-dealkylation sites (N-methyl/N-ethyl adjacent to an activating group) is 1. The highest BCUT2D eigenvalue weighted by Gasteiger charge is 2.32. The van der Waals surface area contributed by atoms with Crippen molar-refractivity contribution in [2.45, 2.75) is 25.8 Å². The molecular formula is C18H23N7OS. The van der Waals surface area contributed by atoms with Gasteiger partial charge in [0.2, 0.25) is 5.91 Å². The lowest BCUT2D eigenvalue weighted by Crippen LogP contribution is -2.52. The average molecular weight is 385 g/mol. The maximum atomic E-state index is 12.2. The Morgan fingerprint density at radius 2 is 2.30 bits per heavy atom. The molecule has 0 aromatic carbocycles. The molecule has 0 radical (unpaired) electrons.